The van der Waals surface area contributed by atoms with Crippen molar-refractivity contribution >= 4 is 11.8 Å². The number of carbonyl (C=O) groups excluding carboxylic acids is 2. The van der Waals surface area contributed by atoms with Crippen LogP contribution in [0.3, 0.4) is 0 Å². The second-order valence-corrected chi connectivity index (χ2v) is 5.78. The third-order valence-electron chi connectivity index (χ3n) is 3.26. The Morgan fingerprint density at radius 3 is 2.33 bits per heavy atom. The number of likely N-dealkylation sites (tertiary alicyclic amines) is 1. The van der Waals surface area contributed by atoms with Crippen LogP contribution in [0.4, 0.5) is 0 Å². The molecule has 5 nitrogen and oxygen atoms in total. The van der Waals surface area contributed by atoms with Crippen LogP contribution in [-0.2, 0) is 9.59 Å². The van der Waals surface area contributed by atoms with Gasteiger partial charge in [0.25, 0.3) is 0 Å². The topological polar surface area (TPSA) is 75.4 Å². The molecule has 18 heavy (non-hydrogen) atoms. The van der Waals surface area contributed by atoms with Crippen molar-refractivity contribution in [2.24, 2.45) is 5.73 Å². The maximum absolute atomic E-state index is 12.2. The second kappa shape index (κ2) is 6.18. The maximum atomic E-state index is 12.2. The fraction of sp³-hybridized carbons (Fsp3) is 0.846. The van der Waals surface area contributed by atoms with E-state index in [2.05, 4.69) is 5.32 Å². The van der Waals surface area contributed by atoms with Gasteiger partial charge < -0.3 is 16.0 Å². The molecule has 2 amide bonds. The minimum absolute atomic E-state index is 0.118. The van der Waals surface area contributed by atoms with Crippen LogP contribution in [0.2, 0.25) is 0 Å². The van der Waals surface area contributed by atoms with E-state index < -0.39 is 5.54 Å². The van der Waals surface area contributed by atoms with E-state index in [0.29, 0.717) is 0 Å². The van der Waals surface area contributed by atoms with Crippen LogP contribution in [0, 0.1) is 0 Å². The number of amides is 2. The maximum Gasteiger partial charge on any atom is 0.239 e. The average molecular weight is 255 g/mol. The monoisotopic (exact) mass is 255 g/mol. The van der Waals surface area contributed by atoms with Gasteiger partial charge in [0.1, 0.15) is 0 Å². The molecule has 0 aromatic carbocycles. The quantitative estimate of drug-likeness (QED) is 0.756. The van der Waals surface area contributed by atoms with Gasteiger partial charge in [-0.15, -0.1) is 0 Å². The average Bonchev–Trinajstić information content (AvgIpc) is 2.26. The summed E-state index contributed by atoms with van der Waals surface area (Å²) < 4.78 is 0. The number of nitrogens with one attached hydrogen (secondary N) is 1. The number of piperidine rings is 1. The van der Waals surface area contributed by atoms with Gasteiger partial charge in [-0.3, -0.25) is 9.59 Å². The minimum Gasteiger partial charge on any atom is -0.370 e. The summed E-state index contributed by atoms with van der Waals surface area (Å²) in [6.07, 6.45) is 3.61. The van der Waals surface area contributed by atoms with Crippen molar-refractivity contribution in [1.29, 1.82) is 0 Å². The zero-order valence-electron chi connectivity index (χ0n) is 11.7. The second-order valence-electron chi connectivity index (χ2n) is 5.78. The van der Waals surface area contributed by atoms with E-state index in [0.717, 1.165) is 25.9 Å². The van der Waals surface area contributed by atoms with E-state index >= 15 is 0 Å². The summed E-state index contributed by atoms with van der Waals surface area (Å²) in [4.78, 5) is 25.1. The molecule has 0 aromatic rings. The zero-order chi connectivity index (χ0) is 13.8. The Hall–Kier alpha value is -1.10. The SMILES string of the molecule is CC(NC(C)(C)CC(N)=O)C(=O)N1CCCCC1. The van der Waals surface area contributed by atoms with Gasteiger partial charge in [0.15, 0.2) is 0 Å². The molecule has 1 heterocycles. The van der Waals surface area contributed by atoms with Crippen LogP contribution in [0.25, 0.3) is 0 Å². The van der Waals surface area contributed by atoms with Gasteiger partial charge in [-0.2, -0.15) is 0 Å². The van der Waals surface area contributed by atoms with Gasteiger partial charge in [0.05, 0.1) is 6.04 Å². The van der Waals surface area contributed by atoms with E-state index in [9.17, 15) is 9.59 Å². The molecule has 0 radical (unpaired) electrons. The van der Waals surface area contributed by atoms with Gasteiger partial charge >= 0.3 is 0 Å². The third-order valence-corrected chi connectivity index (χ3v) is 3.26. The Morgan fingerprint density at radius 2 is 1.83 bits per heavy atom. The highest BCUT2D eigenvalue weighted by molar-refractivity contribution is 5.82. The van der Waals surface area contributed by atoms with Gasteiger partial charge in [0, 0.05) is 25.0 Å². The molecule has 104 valence electrons. The number of hydrogen-bond acceptors (Lipinski definition) is 3. The summed E-state index contributed by atoms with van der Waals surface area (Å²) >= 11 is 0. The first kappa shape index (κ1) is 15.0. The highest BCUT2D eigenvalue weighted by Gasteiger charge is 2.28. The highest BCUT2D eigenvalue weighted by Crippen LogP contribution is 2.13. The number of hydrogen-bond donors (Lipinski definition) is 2. The van der Waals surface area contributed by atoms with Crippen molar-refractivity contribution in [3.05, 3.63) is 0 Å². The molecule has 1 aliphatic rings. The Balaban J connectivity index is 2.50. The Morgan fingerprint density at radius 1 is 1.28 bits per heavy atom. The van der Waals surface area contributed by atoms with Crippen molar-refractivity contribution in [3.63, 3.8) is 0 Å². The lowest BCUT2D eigenvalue weighted by molar-refractivity contribution is -0.134. The lowest BCUT2D eigenvalue weighted by atomic mass is 9.98. The largest absolute Gasteiger partial charge is 0.370 e. The minimum atomic E-state index is -0.448. The Bertz CT molecular complexity index is 309. The molecule has 1 aliphatic heterocycles. The van der Waals surface area contributed by atoms with Gasteiger partial charge in [-0.05, 0) is 40.0 Å². The number of primary amides is 1. The molecular weight excluding hydrogens is 230 g/mol. The summed E-state index contributed by atoms with van der Waals surface area (Å²) in [6, 6.07) is -0.280. The van der Waals surface area contributed by atoms with Crippen molar-refractivity contribution in [1.82, 2.24) is 10.2 Å². The first-order valence-electron chi connectivity index (χ1n) is 6.66. The van der Waals surface area contributed by atoms with E-state index in [-0.39, 0.29) is 24.3 Å². The summed E-state index contributed by atoms with van der Waals surface area (Å²) in [5.41, 5.74) is 4.75. The molecular formula is C13H25N3O2. The molecule has 1 fully saturated rings. The molecule has 5 heteroatoms. The van der Waals surface area contributed by atoms with Crippen LogP contribution in [0.1, 0.15) is 46.5 Å². The molecule has 0 aliphatic carbocycles. The number of rotatable bonds is 5. The van der Waals surface area contributed by atoms with Crippen molar-refractivity contribution < 1.29 is 9.59 Å². The first-order chi connectivity index (χ1) is 8.32. The zero-order valence-corrected chi connectivity index (χ0v) is 11.7. The lowest BCUT2D eigenvalue weighted by Gasteiger charge is -2.33. The lowest BCUT2D eigenvalue weighted by Crippen LogP contribution is -2.54. The number of nitrogens with zero attached hydrogens (tertiary/aromatic N) is 1. The van der Waals surface area contributed by atoms with Gasteiger partial charge in [-0.1, -0.05) is 0 Å². The third kappa shape index (κ3) is 4.64. The van der Waals surface area contributed by atoms with Crippen LogP contribution < -0.4 is 11.1 Å². The summed E-state index contributed by atoms with van der Waals surface area (Å²) in [5.74, 6) is -0.239. The van der Waals surface area contributed by atoms with Crippen LogP contribution >= 0.6 is 0 Å². The normalized spacial score (nSPS) is 18.5. The molecule has 0 bridgehead atoms. The van der Waals surface area contributed by atoms with Gasteiger partial charge in [-0.25, -0.2) is 0 Å². The Kier molecular flexibility index (Phi) is 5.14. The molecule has 0 aromatic heterocycles. The Labute approximate surface area is 109 Å². The highest BCUT2D eigenvalue weighted by atomic mass is 16.2. The smallest absolute Gasteiger partial charge is 0.239 e. The number of nitrogens with two attached hydrogens (primary N) is 1. The predicted octanol–water partition coefficient (Wildman–Crippen LogP) is 0.631. The van der Waals surface area contributed by atoms with Gasteiger partial charge in [0.2, 0.25) is 11.8 Å². The fourth-order valence-electron chi connectivity index (χ4n) is 2.52. The molecule has 0 saturated carbocycles. The predicted molar refractivity (Wildman–Crippen MR) is 70.9 cm³/mol. The van der Waals surface area contributed by atoms with Crippen molar-refractivity contribution in [3.8, 4) is 0 Å². The molecule has 1 unspecified atom stereocenters. The first-order valence-corrected chi connectivity index (χ1v) is 6.66. The standard InChI is InChI=1S/C13H25N3O2/c1-10(15-13(2,3)9-11(14)17)12(18)16-7-5-4-6-8-16/h10,15H,4-9H2,1-3H3,(H2,14,17). The van der Waals surface area contributed by atoms with Crippen LogP contribution in [0.15, 0.2) is 0 Å². The molecule has 1 rings (SSSR count). The van der Waals surface area contributed by atoms with E-state index in [1.807, 2.05) is 25.7 Å². The van der Waals surface area contributed by atoms with E-state index in [4.69, 9.17) is 5.73 Å². The fourth-order valence-corrected chi connectivity index (χ4v) is 2.52. The molecule has 1 atom stereocenters. The summed E-state index contributed by atoms with van der Waals surface area (Å²) in [6.45, 7) is 7.32. The number of carbonyl (C=O) groups is 2. The summed E-state index contributed by atoms with van der Waals surface area (Å²) in [5, 5.41) is 3.19. The van der Waals surface area contributed by atoms with Crippen LogP contribution in [-0.4, -0.2) is 41.4 Å². The molecule has 1 saturated heterocycles. The molecule has 3 N–H and O–H groups in total. The van der Waals surface area contributed by atoms with Crippen molar-refractivity contribution in [2.75, 3.05) is 13.1 Å². The summed E-state index contributed by atoms with van der Waals surface area (Å²) in [7, 11) is 0. The molecule has 0 spiro atoms. The van der Waals surface area contributed by atoms with E-state index in [1.54, 1.807) is 0 Å². The van der Waals surface area contributed by atoms with Crippen molar-refractivity contribution in [2.45, 2.75) is 58.0 Å². The van der Waals surface area contributed by atoms with E-state index in [1.165, 1.54) is 6.42 Å². The van der Waals surface area contributed by atoms with Crippen LogP contribution in [0.5, 0.6) is 0 Å².